The van der Waals surface area contributed by atoms with Crippen molar-refractivity contribution in [1.29, 1.82) is 0 Å². The Balaban J connectivity index is 1.77. The van der Waals surface area contributed by atoms with Gasteiger partial charge in [-0.3, -0.25) is 9.36 Å². The van der Waals surface area contributed by atoms with Crippen LogP contribution >= 0.6 is 11.8 Å². The molecule has 29 heavy (non-hydrogen) atoms. The van der Waals surface area contributed by atoms with Crippen molar-refractivity contribution >= 4 is 17.7 Å². The topological polar surface area (TPSA) is 57.0 Å². The van der Waals surface area contributed by atoms with Crippen LogP contribution in [0.4, 0.5) is 0 Å². The number of thioether (sulfide) groups is 1. The van der Waals surface area contributed by atoms with Gasteiger partial charge in [0.25, 0.3) is 0 Å². The highest BCUT2D eigenvalue weighted by Crippen LogP contribution is 2.34. The highest BCUT2D eigenvalue weighted by molar-refractivity contribution is 8.00. The summed E-state index contributed by atoms with van der Waals surface area (Å²) in [6.07, 6.45) is 0.694. The van der Waals surface area contributed by atoms with Crippen molar-refractivity contribution in [1.82, 2.24) is 14.8 Å². The molecule has 4 rings (SSSR count). The molecule has 1 atom stereocenters. The Kier molecular flexibility index (Phi) is 5.21. The Hall–Kier alpha value is -2.60. The summed E-state index contributed by atoms with van der Waals surface area (Å²) in [7, 11) is 0. The van der Waals surface area contributed by atoms with Crippen molar-refractivity contribution in [2.45, 2.75) is 49.9 Å². The zero-order valence-electron chi connectivity index (χ0n) is 17.2. The molecule has 1 aromatic heterocycles. The summed E-state index contributed by atoms with van der Waals surface area (Å²) in [5, 5.41) is 9.38. The van der Waals surface area contributed by atoms with Crippen molar-refractivity contribution in [2.24, 2.45) is 0 Å². The number of cyclic esters (lactones) is 1. The van der Waals surface area contributed by atoms with Crippen LogP contribution in [0.15, 0.2) is 53.7 Å². The number of nitrogens with zero attached hydrogens (tertiary/aromatic N) is 3. The molecule has 1 saturated heterocycles. The first-order valence-corrected chi connectivity index (χ1v) is 10.7. The summed E-state index contributed by atoms with van der Waals surface area (Å²) in [6, 6.07) is 16.7. The molecular weight excluding hydrogens is 382 g/mol. The predicted octanol–water partition coefficient (Wildman–Crippen LogP) is 4.95. The molecule has 1 aliphatic rings. The zero-order valence-corrected chi connectivity index (χ0v) is 18.0. The Bertz CT molecular complexity index is 1020. The number of rotatable bonds is 4. The molecule has 1 aliphatic heterocycles. The van der Waals surface area contributed by atoms with E-state index in [1.54, 1.807) is 0 Å². The van der Waals surface area contributed by atoms with E-state index in [0.29, 0.717) is 18.2 Å². The van der Waals surface area contributed by atoms with Crippen LogP contribution in [0.5, 0.6) is 0 Å². The molecule has 2 aromatic carbocycles. The fourth-order valence-electron chi connectivity index (χ4n) is 3.29. The van der Waals surface area contributed by atoms with Crippen LogP contribution < -0.4 is 0 Å². The Morgan fingerprint density at radius 3 is 2.31 bits per heavy atom. The van der Waals surface area contributed by atoms with E-state index < -0.39 is 0 Å². The van der Waals surface area contributed by atoms with E-state index in [4.69, 9.17) is 4.74 Å². The lowest BCUT2D eigenvalue weighted by Gasteiger charge is -2.19. The molecule has 5 nitrogen and oxygen atoms in total. The van der Waals surface area contributed by atoms with Gasteiger partial charge in [-0.1, -0.05) is 74.5 Å². The van der Waals surface area contributed by atoms with Crippen LogP contribution in [0.3, 0.4) is 0 Å². The number of hydrogen-bond acceptors (Lipinski definition) is 5. The molecule has 0 unspecified atom stereocenters. The standard InChI is InChI=1S/C23H25N3O2S/c1-15-5-11-18(12-6-15)26-20(16-7-9-17(10-8-16)23(2,3)4)24-25-22(26)29-19-13-14-28-21(19)27/h5-12,19H,13-14H2,1-4H3/t19-/m0/s1. The maximum Gasteiger partial charge on any atom is 0.319 e. The first-order valence-electron chi connectivity index (χ1n) is 9.79. The molecule has 0 saturated carbocycles. The maximum absolute atomic E-state index is 12.0. The van der Waals surface area contributed by atoms with Crippen LogP contribution in [-0.2, 0) is 14.9 Å². The third-order valence-electron chi connectivity index (χ3n) is 5.07. The van der Waals surface area contributed by atoms with E-state index >= 15 is 0 Å². The van der Waals surface area contributed by atoms with Gasteiger partial charge < -0.3 is 4.74 Å². The number of carbonyl (C=O) groups excluding carboxylic acids is 1. The minimum atomic E-state index is -0.237. The molecule has 0 N–H and O–H groups in total. The average molecular weight is 408 g/mol. The minimum absolute atomic E-state index is 0.0903. The summed E-state index contributed by atoms with van der Waals surface area (Å²) in [4.78, 5) is 12.0. The van der Waals surface area contributed by atoms with Gasteiger partial charge in [-0.2, -0.15) is 0 Å². The lowest BCUT2D eigenvalue weighted by Crippen LogP contribution is -2.11. The SMILES string of the molecule is Cc1ccc(-n2c(S[C@H]3CCOC3=O)nnc2-c2ccc(C(C)(C)C)cc2)cc1. The van der Waals surface area contributed by atoms with Crippen molar-refractivity contribution < 1.29 is 9.53 Å². The van der Waals surface area contributed by atoms with Crippen molar-refractivity contribution in [3.63, 3.8) is 0 Å². The maximum atomic E-state index is 12.0. The lowest BCUT2D eigenvalue weighted by atomic mass is 9.87. The highest BCUT2D eigenvalue weighted by Gasteiger charge is 2.30. The molecule has 0 amide bonds. The fourth-order valence-corrected chi connectivity index (χ4v) is 4.31. The van der Waals surface area contributed by atoms with Gasteiger partial charge in [0.15, 0.2) is 11.0 Å². The minimum Gasteiger partial charge on any atom is -0.465 e. The quantitative estimate of drug-likeness (QED) is 0.573. The Morgan fingerprint density at radius 1 is 1.03 bits per heavy atom. The summed E-state index contributed by atoms with van der Waals surface area (Å²) in [6.45, 7) is 9.13. The lowest BCUT2D eigenvalue weighted by molar-refractivity contribution is -0.137. The average Bonchev–Trinajstić information content (AvgIpc) is 3.29. The van der Waals surface area contributed by atoms with Crippen LogP contribution in [0.2, 0.25) is 0 Å². The predicted molar refractivity (Wildman–Crippen MR) is 115 cm³/mol. The van der Waals surface area contributed by atoms with Gasteiger partial charge in [0, 0.05) is 17.7 Å². The van der Waals surface area contributed by atoms with E-state index in [2.05, 4.69) is 86.4 Å². The second kappa shape index (κ2) is 7.67. The number of esters is 1. The van der Waals surface area contributed by atoms with Crippen LogP contribution in [0.1, 0.15) is 38.3 Å². The van der Waals surface area contributed by atoms with Crippen molar-refractivity contribution in [3.8, 4) is 17.1 Å². The monoisotopic (exact) mass is 407 g/mol. The molecular formula is C23H25N3O2S. The van der Waals surface area contributed by atoms with Gasteiger partial charge in [-0.25, -0.2) is 0 Å². The van der Waals surface area contributed by atoms with E-state index in [9.17, 15) is 4.79 Å². The first-order chi connectivity index (χ1) is 13.8. The van der Waals surface area contributed by atoms with Crippen LogP contribution in [0.25, 0.3) is 17.1 Å². The molecule has 3 aromatic rings. The first kappa shape index (κ1) is 19.7. The van der Waals surface area contributed by atoms with E-state index in [-0.39, 0.29) is 16.6 Å². The number of hydrogen-bond donors (Lipinski definition) is 0. The smallest absolute Gasteiger partial charge is 0.319 e. The van der Waals surface area contributed by atoms with Gasteiger partial charge in [0.05, 0.1) is 6.61 Å². The normalized spacial score (nSPS) is 16.8. The van der Waals surface area contributed by atoms with Gasteiger partial charge in [0.2, 0.25) is 0 Å². The third kappa shape index (κ3) is 4.08. The summed E-state index contributed by atoms with van der Waals surface area (Å²) in [5.41, 5.74) is 4.52. The number of carbonyl (C=O) groups is 1. The Labute approximate surface area is 175 Å². The highest BCUT2D eigenvalue weighted by atomic mass is 32.2. The number of benzene rings is 2. The number of aryl methyl sites for hydroxylation is 1. The summed E-state index contributed by atoms with van der Waals surface area (Å²) < 4.78 is 7.15. The molecule has 150 valence electrons. The molecule has 6 heteroatoms. The summed E-state index contributed by atoms with van der Waals surface area (Å²) in [5.74, 6) is 0.590. The molecule has 0 aliphatic carbocycles. The summed E-state index contributed by atoms with van der Waals surface area (Å²) >= 11 is 1.42. The van der Waals surface area contributed by atoms with Crippen LogP contribution in [-0.4, -0.2) is 32.6 Å². The van der Waals surface area contributed by atoms with E-state index in [0.717, 1.165) is 17.1 Å². The number of ether oxygens (including phenoxy) is 1. The molecule has 0 spiro atoms. The van der Waals surface area contributed by atoms with Gasteiger partial charge in [0.1, 0.15) is 5.25 Å². The molecule has 2 heterocycles. The van der Waals surface area contributed by atoms with Crippen molar-refractivity contribution in [2.75, 3.05) is 6.61 Å². The second-order valence-electron chi connectivity index (χ2n) is 8.37. The molecule has 1 fully saturated rings. The van der Waals surface area contributed by atoms with Crippen molar-refractivity contribution in [3.05, 3.63) is 59.7 Å². The van der Waals surface area contributed by atoms with E-state index in [1.807, 2.05) is 4.57 Å². The molecule has 0 radical (unpaired) electrons. The van der Waals surface area contributed by atoms with Gasteiger partial charge in [-0.05, 0) is 30.0 Å². The molecule has 0 bridgehead atoms. The Morgan fingerprint density at radius 2 is 1.72 bits per heavy atom. The van der Waals surface area contributed by atoms with E-state index in [1.165, 1.54) is 22.9 Å². The largest absolute Gasteiger partial charge is 0.465 e. The number of aromatic nitrogens is 3. The third-order valence-corrected chi connectivity index (χ3v) is 6.26. The fraction of sp³-hybridized carbons (Fsp3) is 0.348. The zero-order chi connectivity index (χ0) is 20.6. The van der Waals surface area contributed by atoms with Crippen LogP contribution in [0, 0.1) is 6.92 Å². The van der Waals surface area contributed by atoms with Gasteiger partial charge in [-0.15, -0.1) is 10.2 Å². The van der Waals surface area contributed by atoms with Gasteiger partial charge >= 0.3 is 5.97 Å². The second-order valence-corrected chi connectivity index (χ2v) is 9.54.